The van der Waals surface area contributed by atoms with Crippen molar-refractivity contribution in [3.63, 3.8) is 0 Å². The van der Waals surface area contributed by atoms with E-state index in [1.807, 2.05) is 24.3 Å². The van der Waals surface area contributed by atoms with E-state index in [2.05, 4.69) is 22.6 Å². The molecule has 1 aromatic rings. The Morgan fingerprint density at radius 2 is 1.19 bits per heavy atom. The van der Waals surface area contributed by atoms with Crippen LogP contribution < -0.4 is 4.74 Å². The van der Waals surface area contributed by atoms with Gasteiger partial charge in [0.15, 0.2) is 0 Å². The van der Waals surface area contributed by atoms with Crippen LogP contribution in [0.15, 0.2) is 24.3 Å². The van der Waals surface area contributed by atoms with Crippen molar-refractivity contribution in [1.29, 1.82) is 0 Å². The number of benzene rings is 1. The molecule has 0 N–H and O–H groups in total. The maximum atomic E-state index is 5.54. The molecule has 0 fully saturated rings. The Kier molecular flexibility index (Phi) is 11.8. The van der Waals surface area contributed by atoms with Crippen LogP contribution in [-0.2, 0) is 18.9 Å². The zero-order valence-electron chi connectivity index (χ0n) is 12.4. The summed E-state index contributed by atoms with van der Waals surface area (Å²) >= 11 is 2.26. The third-order valence-electron chi connectivity index (χ3n) is 2.49. The van der Waals surface area contributed by atoms with Crippen molar-refractivity contribution < 1.29 is 23.7 Å². The Labute approximate surface area is 140 Å². The first kappa shape index (κ1) is 18.6. The Morgan fingerprint density at radius 1 is 0.714 bits per heavy atom. The highest BCUT2D eigenvalue weighted by Gasteiger charge is 1.95. The van der Waals surface area contributed by atoms with E-state index in [0.29, 0.717) is 52.9 Å². The van der Waals surface area contributed by atoms with Crippen LogP contribution in [-0.4, -0.2) is 60.0 Å². The van der Waals surface area contributed by atoms with Gasteiger partial charge in [0.1, 0.15) is 12.4 Å². The van der Waals surface area contributed by atoms with Crippen molar-refractivity contribution in [3.05, 3.63) is 27.8 Å². The number of hydrogen-bond donors (Lipinski definition) is 0. The van der Waals surface area contributed by atoms with E-state index < -0.39 is 0 Å². The lowest BCUT2D eigenvalue weighted by atomic mass is 10.3. The number of ether oxygens (including phenoxy) is 5. The van der Waals surface area contributed by atoms with Gasteiger partial charge in [-0.05, 0) is 46.9 Å². The Bertz CT molecular complexity index is 344. The SMILES string of the molecule is COCCOCCOCCOCCOc1ccc(I)cc1. The van der Waals surface area contributed by atoms with Gasteiger partial charge in [0.05, 0.1) is 46.2 Å². The van der Waals surface area contributed by atoms with Gasteiger partial charge in [-0.1, -0.05) is 0 Å². The summed E-state index contributed by atoms with van der Waals surface area (Å²) in [6.45, 7) is 4.60. The summed E-state index contributed by atoms with van der Waals surface area (Å²) < 4.78 is 27.6. The smallest absolute Gasteiger partial charge is 0.119 e. The molecule has 1 rings (SSSR count). The first-order valence-corrected chi connectivity index (χ1v) is 8.01. The summed E-state index contributed by atoms with van der Waals surface area (Å²) in [4.78, 5) is 0. The largest absolute Gasteiger partial charge is 0.491 e. The standard InChI is InChI=1S/C15H23IO5/c1-17-6-7-18-8-9-19-10-11-20-12-13-21-15-4-2-14(16)3-5-15/h2-5H,6-13H2,1H3. The Hall–Kier alpha value is -0.410. The molecule has 0 atom stereocenters. The summed E-state index contributed by atoms with van der Waals surface area (Å²) in [6, 6.07) is 7.93. The lowest BCUT2D eigenvalue weighted by molar-refractivity contribution is 0.000163. The highest BCUT2D eigenvalue weighted by Crippen LogP contribution is 2.13. The van der Waals surface area contributed by atoms with Crippen LogP contribution in [0, 0.1) is 3.57 Å². The highest BCUT2D eigenvalue weighted by atomic mass is 127. The van der Waals surface area contributed by atoms with Crippen molar-refractivity contribution in [1.82, 2.24) is 0 Å². The van der Waals surface area contributed by atoms with E-state index in [1.165, 1.54) is 3.57 Å². The molecule has 0 aliphatic heterocycles. The summed E-state index contributed by atoms with van der Waals surface area (Å²) in [6.07, 6.45) is 0. The van der Waals surface area contributed by atoms with Crippen LogP contribution in [0.5, 0.6) is 5.75 Å². The van der Waals surface area contributed by atoms with E-state index in [4.69, 9.17) is 23.7 Å². The molecule has 0 aliphatic rings. The second kappa shape index (κ2) is 13.3. The van der Waals surface area contributed by atoms with E-state index in [1.54, 1.807) is 7.11 Å². The minimum atomic E-state index is 0.542. The predicted octanol–water partition coefficient (Wildman–Crippen LogP) is 2.37. The van der Waals surface area contributed by atoms with E-state index in [9.17, 15) is 0 Å². The van der Waals surface area contributed by atoms with Crippen LogP contribution in [0.1, 0.15) is 0 Å². The maximum absolute atomic E-state index is 5.54. The fraction of sp³-hybridized carbons (Fsp3) is 0.600. The number of rotatable bonds is 13. The topological polar surface area (TPSA) is 46.2 Å². The molecule has 21 heavy (non-hydrogen) atoms. The molecule has 1 aromatic carbocycles. The van der Waals surface area contributed by atoms with Crippen molar-refractivity contribution in [2.75, 3.05) is 60.0 Å². The predicted molar refractivity (Wildman–Crippen MR) is 89.0 cm³/mol. The minimum Gasteiger partial charge on any atom is -0.491 e. The summed E-state index contributed by atoms with van der Waals surface area (Å²) in [7, 11) is 1.65. The van der Waals surface area contributed by atoms with E-state index in [-0.39, 0.29) is 0 Å². The average Bonchev–Trinajstić information content (AvgIpc) is 2.50. The number of halogens is 1. The average molecular weight is 410 g/mol. The monoisotopic (exact) mass is 410 g/mol. The van der Waals surface area contributed by atoms with Gasteiger partial charge >= 0.3 is 0 Å². The van der Waals surface area contributed by atoms with Crippen molar-refractivity contribution in [2.24, 2.45) is 0 Å². The Balaban J connectivity index is 1.81. The van der Waals surface area contributed by atoms with Crippen LogP contribution in [0.2, 0.25) is 0 Å². The second-order valence-corrected chi connectivity index (χ2v) is 5.38. The molecule has 0 saturated heterocycles. The van der Waals surface area contributed by atoms with Gasteiger partial charge in [0, 0.05) is 10.7 Å². The molecule has 0 radical (unpaired) electrons. The molecule has 0 saturated carbocycles. The Morgan fingerprint density at radius 3 is 1.71 bits per heavy atom. The fourth-order valence-corrected chi connectivity index (χ4v) is 1.79. The number of hydrogen-bond acceptors (Lipinski definition) is 5. The van der Waals surface area contributed by atoms with Gasteiger partial charge in [-0.15, -0.1) is 0 Å². The zero-order chi connectivity index (χ0) is 15.2. The van der Waals surface area contributed by atoms with Crippen molar-refractivity contribution in [3.8, 4) is 5.75 Å². The quantitative estimate of drug-likeness (QED) is 0.369. The molecular weight excluding hydrogens is 387 g/mol. The highest BCUT2D eigenvalue weighted by molar-refractivity contribution is 14.1. The summed E-state index contributed by atoms with van der Waals surface area (Å²) in [5.41, 5.74) is 0. The second-order valence-electron chi connectivity index (χ2n) is 4.13. The van der Waals surface area contributed by atoms with Crippen LogP contribution >= 0.6 is 22.6 Å². The fourth-order valence-electron chi connectivity index (χ4n) is 1.43. The zero-order valence-corrected chi connectivity index (χ0v) is 14.5. The molecule has 6 heteroatoms. The molecule has 0 bridgehead atoms. The normalized spacial score (nSPS) is 10.8. The summed E-state index contributed by atoms with van der Waals surface area (Å²) in [5.74, 6) is 0.864. The van der Waals surface area contributed by atoms with Crippen LogP contribution in [0.25, 0.3) is 0 Å². The molecule has 0 amide bonds. The van der Waals surface area contributed by atoms with Gasteiger partial charge in [-0.25, -0.2) is 0 Å². The third kappa shape index (κ3) is 10.9. The van der Waals surface area contributed by atoms with E-state index in [0.717, 1.165) is 5.75 Å². The van der Waals surface area contributed by atoms with Gasteiger partial charge in [0.2, 0.25) is 0 Å². The van der Waals surface area contributed by atoms with Gasteiger partial charge in [0.25, 0.3) is 0 Å². The molecule has 0 aliphatic carbocycles. The van der Waals surface area contributed by atoms with Crippen LogP contribution in [0.3, 0.4) is 0 Å². The minimum absolute atomic E-state index is 0.542. The van der Waals surface area contributed by atoms with Gasteiger partial charge < -0.3 is 23.7 Å². The first-order valence-electron chi connectivity index (χ1n) is 6.93. The first-order chi connectivity index (χ1) is 10.3. The molecule has 120 valence electrons. The van der Waals surface area contributed by atoms with E-state index >= 15 is 0 Å². The third-order valence-corrected chi connectivity index (χ3v) is 3.21. The lowest BCUT2D eigenvalue weighted by Crippen LogP contribution is -2.13. The van der Waals surface area contributed by atoms with Crippen molar-refractivity contribution >= 4 is 22.6 Å². The maximum Gasteiger partial charge on any atom is 0.119 e. The van der Waals surface area contributed by atoms with Crippen molar-refractivity contribution in [2.45, 2.75) is 0 Å². The molecular formula is C15H23IO5. The molecule has 0 spiro atoms. The lowest BCUT2D eigenvalue weighted by Gasteiger charge is -2.08. The molecule has 0 aromatic heterocycles. The van der Waals surface area contributed by atoms with Gasteiger partial charge in [-0.3, -0.25) is 0 Å². The summed E-state index contributed by atoms with van der Waals surface area (Å²) in [5, 5.41) is 0. The molecule has 5 nitrogen and oxygen atoms in total. The number of methoxy groups -OCH3 is 1. The van der Waals surface area contributed by atoms with Crippen LogP contribution in [0.4, 0.5) is 0 Å². The molecule has 0 heterocycles. The van der Waals surface area contributed by atoms with Gasteiger partial charge in [-0.2, -0.15) is 0 Å². The molecule has 0 unspecified atom stereocenters.